The average molecular weight is 508 g/mol. The monoisotopic (exact) mass is 507 g/mol. The Balaban J connectivity index is 2.46. The Hall–Kier alpha value is -2.58. The quantitative estimate of drug-likeness (QED) is 0.525. The van der Waals surface area contributed by atoms with E-state index in [0.717, 1.165) is 27.3 Å². The highest BCUT2D eigenvalue weighted by Gasteiger charge is 2.32. The molecule has 34 heavy (non-hydrogen) atoms. The SMILES string of the molecule is CC[C@H](C(=O)NC(C)C)N(Cc1ccc(Cl)cc1)C(=O)CN(c1ccc(C)cc1C)S(C)(=O)=O. The standard InChI is InChI=1S/C25H34ClN3O4S/c1-7-22(25(31)27-17(2)3)28(15-20-9-11-21(26)12-10-20)24(30)16-29(34(6,32)33)23-13-8-18(4)14-19(23)5/h8-14,17,22H,7,15-16H2,1-6H3,(H,27,31)/t22-/m1/s1. The Morgan fingerprint density at radius 3 is 2.18 bits per heavy atom. The largest absolute Gasteiger partial charge is 0.352 e. The smallest absolute Gasteiger partial charge is 0.244 e. The number of aryl methyl sites for hydroxylation is 2. The van der Waals surface area contributed by atoms with Crippen LogP contribution in [0.15, 0.2) is 42.5 Å². The average Bonchev–Trinajstić information content (AvgIpc) is 2.72. The van der Waals surface area contributed by atoms with Gasteiger partial charge in [0.25, 0.3) is 0 Å². The van der Waals surface area contributed by atoms with Crippen molar-refractivity contribution in [3.63, 3.8) is 0 Å². The van der Waals surface area contributed by atoms with Gasteiger partial charge in [-0.15, -0.1) is 0 Å². The predicted octanol–water partition coefficient (Wildman–Crippen LogP) is 4.05. The Bertz CT molecular complexity index is 1120. The fourth-order valence-corrected chi connectivity index (χ4v) is 4.80. The number of halogens is 1. The van der Waals surface area contributed by atoms with Gasteiger partial charge >= 0.3 is 0 Å². The van der Waals surface area contributed by atoms with Crippen LogP contribution in [-0.4, -0.2) is 50.0 Å². The zero-order chi connectivity index (χ0) is 25.6. The van der Waals surface area contributed by atoms with Crippen molar-refractivity contribution in [1.29, 1.82) is 0 Å². The van der Waals surface area contributed by atoms with Crippen LogP contribution in [0.2, 0.25) is 5.02 Å². The summed E-state index contributed by atoms with van der Waals surface area (Å²) in [4.78, 5) is 28.0. The van der Waals surface area contributed by atoms with Crippen LogP contribution >= 0.6 is 11.6 Å². The molecule has 0 heterocycles. The summed E-state index contributed by atoms with van der Waals surface area (Å²) in [5, 5.41) is 3.43. The number of benzene rings is 2. The molecule has 0 saturated carbocycles. The molecule has 0 aliphatic heterocycles. The molecule has 0 aromatic heterocycles. The first-order chi connectivity index (χ1) is 15.8. The first-order valence-electron chi connectivity index (χ1n) is 11.2. The van der Waals surface area contributed by atoms with E-state index >= 15 is 0 Å². The zero-order valence-corrected chi connectivity index (χ0v) is 22.2. The van der Waals surface area contributed by atoms with Crippen molar-refractivity contribution in [2.24, 2.45) is 0 Å². The second kappa shape index (κ2) is 11.7. The summed E-state index contributed by atoms with van der Waals surface area (Å²) in [6.07, 6.45) is 1.45. The number of carbonyl (C=O) groups excluding carboxylic acids is 2. The van der Waals surface area contributed by atoms with Crippen molar-refractivity contribution < 1.29 is 18.0 Å². The molecule has 0 aliphatic rings. The number of hydrogen-bond acceptors (Lipinski definition) is 4. The number of amides is 2. The summed E-state index contributed by atoms with van der Waals surface area (Å²) in [5.74, 6) is -0.747. The number of rotatable bonds is 10. The Kier molecular flexibility index (Phi) is 9.53. The molecule has 2 amide bonds. The maximum atomic E-state index is 13.6. The maximum absolute atomic E-state index is 13.6. The van der Waals surface area contributed by atoms with Crippen LogP contribution in [0.1, 0.15) is 43.9 Å². The Morgan fingerprint density at radius 1 is 1.06 bits per heavy atom. The van der Waals surface area contributed by atoms with Crippen LogP contribution in [0.5, 0.6) is 0 Å². The Labute approximate surface area is 208 Å². The molecular weight excluding hydrogens is 474 g/mol. The molecule has 2 aromatic rings. The van der Waals surface area contributed by atoms with Gasteiger partial charge in [-0.25, -0.2) is 8.42 Å². The number of hydrogen-bond donors (Lipinski definition) is 1. The molecule has 0 spiro atoms. The van der Waals surface area contributed by atoms with Crippen LogP contribution in [0.4, 0.5) is 5.69 Å². The van der Waals surface area contributed by atoms with E-state index in [2.05, 4.69) is 5.32 Å². The first kappa shape index (κ1) is 27.7. The molecule has 0 bridgehead atoms. The lowest BCUT2D eigenvalue weighted by Gasteiger charge is -2.33. The number of carbonyl (C=O) groups is 2. The van der Waals surface area contributed by atoms with Gasteiger partial charge in [0.15, 0.2) is 0 Å². The molecule has 0 radical (unpaired) electrons. The fourth-order valence-electron chi connectivity index (χ4n) is 3.77. The molecule has 0 saturated heterocycles. The molecule has 0 fully saturated rings. The molecule has 2 rings (SSSR count). The number of anilines is 1. The van der Waals surface area contributed by atoms with E-state index < -0.39 is 28.5 Å². The molecule has 2 aromatic carbocycles. The number of nitrogens with one attached hydrogen (secondary N) is 1. The van der Waals surface area contributed by atoms with Gasteiger partial charge in [-0.2, -0.15) is 0 Å². The Morgan fingerprint density at radius 2 is 1.68 bits per heavy atom. The third-order valence-corrected chi connectivity index (χ3v) is 6.76. The molecule has 0 unspecified atom stereocenters. The lowest BCUT2D eigenvalue weighted by atomic mass is 10.1. The van der Waals surface area contributed by atoms with Crippen molar-refractivity contribution >= 4 is 39.1 Å². The normalized spacial score (nSPS) is 12.4. The van der Waals surface area contributed by atoms with E-state index in [1.54, 1.807) is 43.3 Å². The van der Waals surface area contributed by atoms with Gasteiger partial charge in [0.2, 0.25) is 21.8 Å². The zero-order valence-electron chi connectivity index (χ0n) is 20.6. The van der Waals surface area contributed by atoms with Crippen LogP contribution < -0.4 is 9.62 Å². The minimum absolute atomic E-state index is 0.100. The summed E-state index contributed by atoms with van der Waals surface area (Å²) < 4.78 is 26.5. The summed E-state index contributed by atoms with van der Waals surface area (Å²) in [7, 11) is -3.76. The third-order valence-electron chi connectivity index (χ3n) is 5.38. The summed E-state index contributed by atoms with van der Waals surface area (Å²) >= 11 is 6.00. The second-order valence-electron chi connectivity index (χ2n) is 8.80. The summed E-state index contributed by atoms with van der Waals surface area (Å²) in [6.45, 7) is 8.97. The number of sulfonamides is 1. The van der Waals surface area contributed by atoms with Crippen molar-refractivity contribution in [3.05, 3.63) is 64.2 Å². The molecule has 0 aliphatic carbocycles. The van der Waals surface area contributed by atoms with Crippen molar-refractivity contribution in [2.45, 2.75) is 59.7 Å². The van der Waals surface area contributed by atoms with Gasteiger partial charge in [0.05, 0.1) is 11.9 Å². The number of nitrogens with zero attached hydrogens (tertiary/aromatic N) is 2. The van der Waals surface area contributed by atoms with Crippen LogP contribution in [0, 0.1) is 13.8 Å². The minimum atomic E-state index is -3.76. The first-order valence-corrected chi connectivity index (χ1v) is 13.4. The van der Waals surface area contributed by atoms with E-state index in [1.807, 2.05) is 33.8 Å². The highest BCUT2D eigenvalue weighted by Crippen LogP contribution is 2.24. The van der Waals surface area contributed by atoms with Crippen LogP contribution in [-0.2, 0) is 26.2 Å². The van der Waals surface area contributed by atoms with E-state index in [0.29, 0.717) is 17.1 Å². The third kappa shape index (κ3) is 7.46. The van der Waals surface area contributed by atoms with E-state index in [1.165, 1.54) is 4.90 Å². The molecular formula is C25H34ClN3O4S. The summed E-state index contributed by atoms with van der Waals surface area (Å²) in [5.41, 5.74) is 2.95. The molecule has 7 nitrogen and oxygen atoms in total. The molecule has 186 valence electrons. The van der Waals surface area contributed by atoms with Gasteiger partial charge in [0, 0.05) is 17.6 Å². The minimum Gasteiger partial charge on any atom is -0.352 e. The van der Waals surface area contributed by atoms with Crippen molar-refractivity contribution in [3.8, 4) is 0 Å². The maximum Gasteiger partial charge on any atom is 0.244 e. The predicted molar refractivity (Wildman–Crippen MR) is 137 cm³/mol. The lowest BCUT2D eigenvalue weighted by molar-refractivity contribution is -0.140. The lowest BCUT2D eigenvalue weighted by Crippen LogP contribution is -2.53. The van der Waals surface area contributed by atoms with E-state index in [9.17, 15) is 18.0 Å². The highest BCUT2D eigenvalue weighted by molar-refractivity contribution is 7.92. The molecule has 9 heteroatoms. The molecule has 1 N–H and O–H groups in total. The van der Waals surface area contributed by atoms with E-state index in [4.69, 9.17) is 11.6 Å². The topological polar surface area (TPSA) is 86.8 Å². The van der Waals surface area contributed by atoms with Gasteiger partial charge in [-0.05, 0) is 63.4 Å². The van der Waals surface area contributed by atoms with Crippen LogP contribution in [0.3, 0.4) is 0 Å². The van der Waals surface area contributed by atoms with Crippen LogP contribution in [0.25, 0.3) is 0 Å². The van der Waals surface area contributed by atoms with Gasteiger partial charge in [-0.3, -0.25) is 13.9 Å². The molecule has 1 atom stereocenters. The fraction of sp³-hybridized carbons (Fsp3) is 0.440. The van der Waals surface area contributed by atoms with Crippen molar-refractivity contribution in [1.82, 2.24) is 10.2 Å². The van der Waals surface area contributed by atoms with Crippen molar-refractivity contribution in [2.75, 3.05) is 17.1 Å². The summed E-state index contributed by atoms with van der Waals surface area (Å²) in [6, 6.07) is 11.5. The highest BCUT2D eigenvalue weighted by atomic mass is 35.5. The van der Waals surface area contributed by atoms with Gasteiger partial charge in [-0.1, -0.05) is 48.4 Å². The van der Waals surface area contributed by atoms with E-state index in [-0.39, 0.29) is 18.5 Å². The van der Waals surface area contributed by atoms with Gasteiger partial charge < -0.3 is 10.2 Å². The second-order valence-corrected chi connectivity index (χ2v) is 11.1. The van der Waals surface area contributed by atoms with Gasteiger partial charge in [0.1, 0.15) is 12.6 Å².